The predicted octanol–water partition coefficient (Wildman–Crippen LogP) is 5.22. The van der Waals surface area contributed by atoms with Crippen molar-refractivity contribution in [3.05, 3.63) is 71.3 Å². The van der Waals surface area contributed by atoms with Crippen LogP contribution in [-0.4, -0.2) is 5.91 Å². The molecule has 0 radical (unpaired) electrons. The number of carbonyl (C=O) groups excluding carboxylic acids is 1. The van der Waals surface area contributed by atoms with Crippen LogP contribution in [0.2, 0.25) is 0 Å². The highest BCUT2D eigenvalue weighted by Gasteiger charge is 2.36. The quantitative estimate of drug-likeness (QED) is 0.818. The molecule has 0 fully saturated rings. The molecule has 2 aromatic carbocycles. The van der Waals surface area contributed by atoms with Crippen molar-refractivity contribution in [2.24, 2.45) is 5.41 Å². The number of hydrogen-bond acceptors (Lipinski definition) is 1. The van der Waals surface area contributed by atoms with Crippen molar-refractivity contribution < 1.29 is 18.0 Å². The number of amides is 1. The minimum atomic E-state index is -4.57. The largest absolute Gasteiger partial charge is 0.417 e. The van der Waals surface area contributed by atoms with Crippen LogP contribution in [0.4, 0.5) is 13.2 Å². The van der Waals surface area contributed by atoms with Gasteiger partial charge in [-0.15, -0.1) is 0 Å². The summed E-state index contributed by atoms with van der Waals surface area (Å²) in [5, 5.41) is 2.76. The van der Waals surface area contributed by atoms with Crippen molar-refractivity contribution in [3.63, 3.8) is 0 Å². The molecule has 0 spiro atoms. The second-order valence-corrected chi connectivity index (χ2v) is 6.73. The number of rotatable bonds is 3. The molecule has 128 valence electrons. The van der Waals surface area contributed by atoms with Crippen LogP contribution in [0.15, 0.2) is 54.6 Å². The maximum absolute atomic E-state index is 13.1. The molecule has 0 aliphatic rings. The molecular weight excluding hydrogens is 315 g/mol. The van der Waals surface area contributed by atoms with E-state index in [9.17, 15) is 18.0 Å². The fraction of sp³-hybridized carbons (Fsp3) is 0.316. The Morgan fingerprint density at radius 3 is 2.00 bits per heavy atom. The third-order valence-corrected chi connectivity index (χ3v) is 3.75. The molecule has 0 saturated heterocycles. The number of carbonyl (C=O) groups is 1. The summed E-state index contributed by atoms with van der Waals surface area (Å²) in [5.41, 5.74) is -0.800. The standard InChI is InChI=1S/C19H20F3NO/c1-18(2,3)16(13-9-5-4-6-10-13)23-17(24)14-11-7-8-12-15(14)19(20,21)22/h4-12,16H,1-3H3,(H,23,24)/t16-/m0/s1. The van der Waals surface area contributed by atoms with Gasteiger partial charge in [-0.2, -0.15) is 13.2 Å². The van der Waals surface area contributed by atoms with Crippen molar-refractivity contribution >= 4 is 5.91 Å². The first-order valence-corrected chi connectivity index (χ1v) is 7.63. The van der Waals surface area contributed by atoms with Crippen LogP contribution in [-0.2, 0) is 6.18 Å². The van der Waals surface area contributed by atoms with Gasteiger partial charge in [-0.25, -0.2) is 0 Å². The Kier molecular flexibility index (Phi) is 5.02. The number of halogens is 3. The third kappa shape index (κ3) is 4.16. The van der Waals surface area contributed by atoms with Gasteiger partial charge >= 0.3 is 6.18 Å². The van der Waals surface area contributed by atoms with Crippen LogP contribution in [0.5, 0.6) is 0 Å². The van der Waals surface area contributed by atoms with Gasteiger partial charge in [-0.3, -0.25) is 4.79 Å². The highest BCUT2D eigenvalue weighted by Crippen LogP contribution is 2.35. The van der Waals surface area contributed by atoms with Gasteiger partial charge in [-0.05, 0) is 23.1 Å². The molecule has 2 aromatic rings. The summed E-state index contributed by atoms with van der Waals surface area (Å²) in [5.74, 6) is -0.730. The number of nitrogens with one attached hydrogen (secondary N) is 1. The van der Waals surface area contributed by atoms with Gasteiger partial charge in [0.25, 0.3) is 5.91 Å². The normalized spacial score (nSPS) is 13.4. The minimum absolute atomic E-state index is 0.357. The molecule has 0 heterocycles. The molecule has 1 amide bonds. The predicted molar refractivity (Wildman–Crippen MR) is 87.5 cm³/mol. The summed E-state index contributed by atoms with van der Waals surface area (Å²) in [6.07, 6.45) is -4.57. The van der Waals surface area contributed by atoms with Crippen LogP contribution in [0.1, 0.15) is 48.3 Å². The molecule has 0 bridgehead atoms. The zero-order valence-corrected chi connectivity index (χ0v) is 13.8. The lowest BCUT2D eigenvalue weighted by Gasteiger charge is -2.32. The molecule has 0 saturated carbocycles. The Labute approximate surface area is 139 Å². The molecule has 1 N–H and O–H groups in total. The monoisotopic (exact) mass is 335 g/mol. The van der Waals surface area contributed by atoms with E-state index in [1.54, 1.807) is 0 Å². The molecule has 2 nitrogen and oxygen atoms in total. The average Bonchev–Trinajstić information content (AvgIpc) is 2.51. The summed E-state index contributed by atoms with van der Waals surface area (Å²) in [6, 6.07) is 13.6. The topological polar surface area (TPSA) is 29.1 Å². The Hall–Kier alpha value is -2.30. The van der Waals surface area contributed by atoms with E-state index < -0.39 is 23.7 Å². The van der Waals surface area contributed by atoms with Gasteiger partial charge in [0.05, 0.1) is 17.2 Å². The van der Waals surface area contributed by atoms with E-state index in [2.05, 4.69) is 5.32 Å². The summed E-state index contributed by atoms with van der Waals surface area (Å²) < 4.78 is 39.4. The summed E-state index contributed by atoms with van der Waals surface area (Å²) in [7, 11) is 0. The summed E-state index contributed by atoms with van der Waals surface area (Å²) >= 11 is 0. The molecule has 0 unspecified atom stereocenters. The van der Waals surface area contributed by atoms with Gasteiger partial charge in [0.2, 0.25) is 0 Å². The number of benzene rings is 2. The van der Waals surface area contributed by atoms with E-state index in [-0.39, 0.29) is 11.0 Å². The van der Waals surface area contributed by atoms with Crippen molar-refractivity contribution in [1.29, 1.82) is 0 Å². The van der Waals surface area contributed by atoms with Gasteiger partial charge in [0.1, 0.15) is 0 Å². The van der Waals surface area contributed by atoms with Crippen molar-refractivity contribution in [3.8, 4) is 0 Å². The highest BCUT2D eigenvalue weighted by atomic mass is 19.4. The molecule has 5 heteroatoms. The first-order chi connectivity index (χ1) is 11.1. The van der Waals surface area contributed by atoms with Crippen LogP contribution < -0.4 is 5.32 Å². The lowest BCUT2D eigenvalue weighted by Crippen LogP contribution is -2.37. The highest BCUT2D eigenvalue weighted by molar-refractivity contribution is 5.96. The van der Waals surface area contributed by atoms with Gasteiger partial charge in [0, 0.05) is 0 Å². The fourth-order valence-corrected chi connectivity index (χ4v) is 2.58. The second-order valence-electron chi connectivity index (χ2n) is 6.73. The van der Waals surface area contributed by atoms with Gasteiger partial charge in [0.15, 0.2) is 0 Å². The Bertz CT molecular complexity index is 703. The molecule has 24 heavy (non-hydrogen) atoms. The van der Waals surface area contributed by atoms with E-state index >= 15 is 0 Å². The zero-order valence-electron chi connectivity index (χ0n) is 13.8. The SMILES string of the molecule is CC(C)(C)[C@@H](NC(=O)c1ccccc1C(F)(F)F)c1ccccc1. The lowest BCUT2D eigenvalue weighted by atomic mass is 9.82. The Morgan fingerprint density at radius 1 is 0.917 bits per heavy atom. The Morgan fingerprint density at radius 2 is 1.46 bits per heavy atom. The molecule has 0 aliphatic carbocycles. The van der Waals surface area contributed by atoms with Gasteiger partial charge in [-0.1, -0.05) is 63.2 Å². The Balaban J connectivity index is 2.37. The van der Waals surface area contributed by atoms with Crippen molar-refractivity contribution in [2.75, 3.05) is 0 Å². The summed E-state index contributed by atoms with van der Waals surface area (Å²) in [4.78, 5) is 12.5. The van der Waals surface area contributed by atoms with Crippen molar-refractivity contribution in [1.82, 2.24) is 5.32 Å². The third-order valence-electron chi connectivity index (χ3n) is 3.75. The van der Waals surface area contributed by atoms with Crippen LogP contribution in [0.3, 0.4) is 0 Å². The van der Waals surface area contributed by atoms with Crippen LogP contribution in [0, 0.1) is 5.41 Å². The zero-order chi connectivity index (χ0) is 18.0. The maximum Gasteiger partial charge on any atom is 0.417 e. The molecule has 0 aromatic heterocycles. The number of alkyl halides is 3. The first kappa shape index (κ1) is 18.0. The van der Waals surface area contributed by atoms with E-state index in [0.29, 0.717) is 0 Å². The minimum Gasteiger partial charge on any atom is -0.345 e. The van der Waals surface area contributed by atoms with Crippen molar-refractivity contribution in [2.45, 2.75) is 33.0 Å². The van der Waals surface area contributed by atoms with E-state index in [0.717, 1.165) is 11.6 Å². The smallest absolute Gasteiger partial charge is 0.345 e. The first-order valence-electron chi connectivity index (χ1n) is 7.63. The maximum atomic E-state index is 13.1. The van der Waals surface area contributed by atoms with E-state index in [1.807, 2.05) is 51.1 Å². The second kappa shape index (κ2) is 6.67. The van der Waals surface area contributed by atoms with Gasteiger partial charge < -0.3 is 5.32 Å². The lowest BCUT2D eigenvalue weighted by molar-refractivity contribution is -0.137. The average molecular weight is 335 g/mol. The molecule has 0 aliphatic heterocycles. The van der Waals surface area contributed by atoms with E-state index in [4.69, 9.17) is 0 Å². The molecular formula is C19H20F3NO. The molecule has 1 atom stereocenters. The van der Waals surface area contributed by atoms with Crippen LogP contribution in [0.25, 0.3) is 0 Å². The van der Waals surface area contributed by atoms with E-state index in [1.165, 1.54) is 18.2 Å². The number of hydrogen-bond donors (Lipinski definition) is 1. The fourth-order valence-electron chi connectivity index (χ4n) is 2.58. The molecule has 2 rings (SSSR count). The van der Waals surface area contributed by atoms with Crippen LogP contribution >= 0.6 is 0 Å². The summed E-state index contributed by atoms with van der Waals surface area (Å²) in [6.45, 7) is 5.79.